The van der Waals surface area contributed by atoms with Crippen molar-refractivity contribution in [3.63, 3.8) is 0 Å². The molecule has 4 nitrogen and oxygen atoms in total. The summed E-state index contributed by atoms with van der Waals surface area (Å²) in [4.78, 5) is 0. The van der Waals surface area contributed by atoms with E-state index < -0.39 is 0 Å². The third kappa shape index (κ3) is 0.314. The molecule has 31 valence electrons. The minimum Gasteiger partial charge on any atom is -0.478 e. The Labute approximate surface area is 33.4 Å². The average Bonchev–Trinajstić information content (AvgIpc) is 1.86. The van der Waals surface area contributed by atoms with E-state index in [1.165, 1.54) is 0 Å². The largest absolute Gasteiger partial charge is 0.478 e. The standard InChI is InChI=1S/C2HN2O2/c5-2-1-3-4-6-2/h5H. The van der Waals surface area contributed by atoms with E-state index in [4.69, 9.17) is 5.11 Å². The topological polar surface area (TPSA) is 59.2 Å². The molecule has 0 fully saturated rings. The van der Waals surface area contributed by atoms with Crippen molar-refractivity contribution in [3.05, 3.63) is 6.20 Å². The number of aromatic hydroxyl groups is 1. The summed E-state index contributed by atoms with van der Waals surface area (Å²) in [5, 5.41) is 14.0. The van der Waals surface area contributed by atoms with Gasteiger partial charge in [0.1, 0.15) is 0 Å². The molecule has 0 unspecified atom stereocenters. The molecular formula is C2HN2O2. The smallest absolute Gasteiger partial charge is 0.339 e. The van der Waals surface area contributed by atoms with Gasteiger partial charge in [-0.3, -0.25) is 4.52 Å². The van der Waals surface area contributed by atoms with Crippen LogP contribution in [0.2, 0.25) is 0 Å². The van der Waals surface area contributed by atoms with Crippen LogP contribution >= 0.6 is 0 Å². The Hall–Kier alpha value is -1.06. The molecular weight excluding hydrogens is 84.0 g/mol. The van der Waals surface area contributed by atoms with Gasteiger partial charge in [0, 0.05) is 5.27 Å². The maximum Gasteiger partial charge on any atom is 0.339 e. The molecule has 0 aliphatic heterocycles. The van der Waals surface area contributed by atoms with Gasteiger partial charge >= 0.3 is 5.95 Å². The van der Waals surface area contributed by atoms with Crippen LogP contribution in [0.15, 0.2) is 4.52 Å². The molecule has 1 aromatic heterocycles. The van der Waals surface area contributed by atoms with Crippen molar-refractivity contribution >= 4 is 0 Å². The molecule has 0 spiro atoms. The molecule has 0 bridgehead atoms. The number of rotatable bonds is 0. The highest BCUT2D eigenvalue weighted by Crippen LogP contribution is 1.96. The zero-order chi connectivity index (χ0) is 4.41. The molecule has 0 atom stereocenters. The first-order valence-corrected chi connectivity index (χ1v) is 1.28. The molecule has 4 heteroatoms. The first-order chi connectivity index (χ1) is 2.89. The van der Waals surface area contributed by atoms with Crippen LogP contribution in [0, 0.1) is 6.20 Å². The summed E-state index contributed by atoms with van der Waals surface area (Å²) >= 11 is 0. The fourth-order valence-electron chi connectivity index (χ4n) is 0.143. The molecule has 0 amide bonds. The highest BCUT2D eigenvalue weighted by atomic mass is 16.6. The second-order valence-corrected chi connectivity index (χ2v) is 0.690. The van der Waals surface area contributed by atoms with Crippen LogP contribution in [0.25, 0.3) is 0 Å². The van der Waals surface area contributed by atoms with Crippen LogP contribution in [0.5, 0.6) is 5.95 Å². The average molecular weight is 85.0 g/mol. The van der Waals surface area contributed by atoms with Crippen molar-refractivity contribution in [2.75, 3.05) is 0 Å². The molecule has 1 N–H and O–H groups in total. The van der Waals surface area contributed by atoms with Crippen molar-refractivity contribution in [1.82, 2.24) is 10.4 Å². The molecule has 0 saturated carbocycles. The van der Waals surface area contributed by atoms with E-state index in [0.717, 1.165) is 0 Å². The molecule has 1 aromatic rings. The summed E-state index contributed by atoms with van der Waals surface area (Å²) in [6.07, 6.45) is 2.03. The van der Waals surface area contributed by atoms with E-state index in [-0.39, 0.29) is 5.95 Å². The molecule has 0 aliphatic rings. The summed E-state index contributed by atoms with van der Waals surface area (Å²) in [5.74, 6) is -0.380. The lowest BCUT2D eigenvalue weighted by atomic mass is 10.9. The van der Waals surface area contributed by atoms with Gasteiger partial charge in [0.25, 0.3) is 0 Å². The van der Waals surface area contributed by atoms with Crippen molar-refractivity contribution in [3.8, 4) is 5.95 Å². The first-order valence-electron chi connectivity index (χ1n) is 1.28. The normalized spacial score (nSPS) is 8.67. The Balaban J connectivity index is 3.05. The van der Waals surface area contributed by atoms with Gasteiger partial charge in [-0.05, 0) is 0 Å². The van der Waals surface area contributed by atoms with Gasteiger partial charge in [0.15, 0.2) is 0 Å². The zero-order valence-corrected chi connectivity index (χ0v) is 2.75. The predicted octanol–water partition coefficient (Wildman–Crippen LogP) is -0.425. The van der Waals surface area contributed by atoms with Crippen molar-refractivity contribution in [1.29, 1.82) is 0 Å². The van der Waals surface area contributed by atoms with E-state index >= 15 is 0 Å². The second-order valence-electron chi connectivity index (χ2n) is 0.690. The van der Waals surface area contributed by atoms with Gasteiger partial charge < -0.3 is 5.11 Å². The van der Waals surface area contributed by atoms with Gasteiger partial charge in [-0.1, -0.05) is 0 Å². The molecule has 1 rings (SSSR count). The summed E-state index contributed by atoms with van der Waals surface area (Å²) in [6.45, 7) is 0. The number of hydrogen-bond acceptors (Lipinski definition) is 4. The van der Waals surface area contributed by atoms with Gasteiger partial charge in [-0.2, -0.15) is 0 Å². The van der Waals surface area contributed by atoms with Crippen LogP contribution in [0.3, 0.4) is 0 Å². The first kappa shape index (κ1) is 3.14. The Morgan fingerprint density at radius 3 is 2.83 bits per heavy atom. The Kier molecular flexibility index (Phi) is 0.506. The Bertz CT molecular complexity index is 113. The lowest BCUT2D eigenvalue weighted by Crippen LogP contribution is -1.54. The van der Waals surface area contributed by atoms with E-state index in [1.54, 1.807) is 0 Å². The molecule has 0 saturated heterocycles. The quantitative estimate of drug-likeness (QED) is 0.464. The Morgan fingerprint density at radius 1 is 1.83 bits per heavy atom. The predicted molar refractivity (Wildman–Crippen MR) is 14.8 cm³/mol. The van der Waals surface area contributed by atoms with Gasteiger partial charge in [0.05, 0.1) is 0 Å². The lowest BCUT2D eigenvalue weighted by Gasteiger charge is -1.62. The molecule has 1 radical (unpaired) electrons. The summed E-state index contributed by atoms with van der Waals surface area (Å²) < 4.78 is 3.97. The molecule has 0 aliphatic carbocycles. The molecule has 1 heterocycles. The van der Waals surface area contributed by atoms with E-state index in [2.05, 4.69) is 14.9 Å². The maximum atomic E-state index is 8.12. The fraction of sp³-hybridized carbons (Fsp3) is 0. The van der Waals surface area contributed by atoms with Gasteiger partial charge in [-0.25, -0.2) is 0 Å². The van der Waals surface area contributed by atoms with E-state index in [0.29, 0.717) is 0 Å². The van der Waals surface area contributed by atoms with Crippen molar-refractivity contribution < 1.29 is 9.63 Å². The van der Waals surface area contributed by atoms with Crippen LogP contribution in [-0.4, -0.2) is 15.5 Å². The lowest BCUT2D eigenvalue weighted by molar-refractivity contribution is 0.270. The summed E-state index contributed by atoms with van der Waals surface area (Å²) in [6, 6.07) is 0. The van der Waals surface area contributed by atoms with Gasteiger partial charge in [-0.15, -0.1) is 5.10 Å². The Morgan fingerprint density at radius 2 is 2.67 bits per heavy atom. The van der Waals surface area contributed by atoms with Crippen LogP contribution in [-0.2, 0) is 0 Å². The van der Waals surface area contributed by atoms with Gasteiger partial charge in [0.2, 0.25) is 6.20 Å². The third-order valence-corrected chi connectivity index (χ3v) is 0.314. The number of aromatic nitrogens is 2. The second kappa shape index (κ2) is 0.965. The van der Waals surface area contributed by atoms with Crippen LogP contribution < -0.4 is 0 Å². The summed E-state index contributed by atoms with van der Waals surface area (Å²) in [7, 11) is 0. The monoisotopic (exact) mass is 85.0 g/mol. The maximum absolute atomic E-state index is 8.12. The molecule has 0 aromatic carbocycles. The van der Waals surface area contributed by atoms with Crippen LogP contribution in [0.4, 0.5) is 0 Å². The number of nitrogens with zero attached hydrogens (tertiary/aromatic N) is 2. The molecule has 6 heavy (non-hydrogen) atoms. The summed E-state index contributed by atoms with van der Waals surface area (Å²) in [5.41, 5.74) is 0. The van der Waals surface area contributed by atoms with Crippen molar-refractivity contribution in [2.24, 2.45) is 0 Å². The van der Waals surface area contributed by atoms with Crippen LogP contribution in [0.1, 0.15) is 0 Å². The number of hydrogen-bond donors (Lipinski definition) is 1. The minimum atomic E-state index is -0.380. The zero-order valence-electron chi connectivity index (χ0n) is 2.75. The third-order valence-electron chi connectivity index (χ3n) is 0.314. The van der Waals surface area contributed by atoms with Crippen molar-refractivity contribution in [2.45, 2.75) is 0 Å². The fourth-order valence-corrected chi connectivity index (χ4v) is 0.143. The highest BCUT2D eigenvalue weighted by molar-refractivity contribution is 4.83. The van der Waals surface area contributed by atoms with E-state index in [1.807, 2.05) is 6.20 Å². The SMILES string of the molecule is Oc1[c]nno1. The highest BCUT2D eigenvalue weighted by Gasteiger charge is 1.85. The minimum absolute atomic E-state index is 0.380. The van der Waals surface area contributed by atoms with E-state index in [9.17, 15) is 0 Å².